The number of carbonyl (C=O) groups excluding carboxylic acids is 2. The number of nitrogens with zero attached hydrogens (tertiary/aromatic N) is 1. The van der Waals surface area contributed by atoms with Crippen molar-refractivity contribution >= 4 is 23.6 Å². The van der Waals surface area contributed by atoms with Crippen molar-refractivity contribution in [3.05, 3.63) is 0 Å². The zero-order chi connectivity index (χ0) is 14.0. The lowest BCUT2D eigenvalue weighted by Crippen LogP contribution is -2.48. The summed E-state index contributed by atoms with van der Waals surface area (Å²) in [6.07, 6.45) is 4.56. The predicted molar refractivity (Wildman–Crippen MR) is 77.6 cm³/mol. The van der Waals surface area contributed by atoms with Gasteiger partial charge in [-0.15, -0.1) is 0 Å². The second-order valence-corrected chi connectivity index (χ2v) is 7.94. The van der Waals surface area contributed by atoms with E-state index in [2.05, 4.69) is 26.2 Å². The second-order valence-electron chi connectivity index (χ2n) is 6.13. The first-order valence-electron chi connectivity index (χ1n) is 7.22. The van der Waals surface area contributed by atoms with Crippen LogP contribution in [0.5, 0.6) is 0 Å². The van der Waals surface area contributed by atoms with E-state index >= 15 is 0 Å². The van der Waals surface area contributed by atoms with Crippen molar-refractivity contribution in [3.63, 3.8) is 0 Å². The minimum atomic E-state index is -0.447. The van der Waals surface area contributed by atoms with E-state index in [9.17, 15) is 9.59 Å². The number of thioether (sulfide) groups is 1. The Bertz CT molecular complexity index is 370. The van der Waals surface area contributed by atoms with Gasteiger partial charge in [-0.1, -0.05) is 33.6 Å². The molecule has 0 spiro atoms. The van der Waals surface area contributed by atoms with Gasteiger partial charge >= 0.3 is 0 Å². The minimum Gasteiger partial charge on any atom is -0.272 e. The van der Waals surface area contributed by atoms with Gasteiger partial charge in [0.05, 0.1) is 6.04 Å². The van der Waals surface area contributed by atoms with Crippen LogP contribution in [0.25, 0.3) is 0 Å². The Hall–Kier alpha value is -0.710. The lowest BCUT2D eigenvalue weighted by molar-refractivity contribution is -0.135. The number of nitrogens with one attached hydrogen (secondary N) is 1. The summed E-state index contributed by atoms with van der Waals surface area (Å²) in [5.41, 5.74) is 2.81. The van der Waals surface area contributed by atoms with E-state index in [1.807, 2.05) is 11.8 Å². The summed E-state index contributed by atoms with van der Waals surface area (Å²) in [7, 11) is 0. The van der Waals surface area contributed by atoms with Gasteiger partial charge < -0.3 is 0 Å². The number of hydrazine groups is 1. The van der Waals surface area contributed by atoms with Gasteiger partial charge in [-0.2, -0.15) is 11.8 Å². The Kier molecular flexibility index (Phi) is 4.43. The molecule has 0 aromatic carbocycles. The highest BCUT2D eigenvalue weighted by atomic mass is 32.2. The van der Waals surface area contributed by atoms with E-state index in [1.54, 1.807) is 5.01 Å². The van der Waals surface area contributed by atoms with Crippen molar-refractivity contribution < 1.29 is 9.59 Å². The molecular formula is C14H24N2O2S. The molecule has 0 aliphatic carbocycles. The standard InChI is InChI=1S/C14H24N2O2S/c1-4-5-6-11-12(17)15-16(13(11)18)10-7-8-19-14(2,3)9-10/h10-11H,4-9H2,1-3H3,(H,15,17)/t10-,11-/m0/s1. The first kappa shape index (κ1) is 14.7. The van der Waals surface area contributed by atoms with Crippen LogP contribution < -0.4 is 5.43 Å². The SMILES string of the molecule is CCCC[C@H]1C(=O)NN([C@H]2CCSC(C)(C)C2)C1=O. The van der Waals surface area contributed by atoms with Crippen molar-refractivity contribution in [2.75, 3.05) is 5.75 Å². The van der Waals surface area contributed by atoms with Gasteiger partial charge in [0, 0.05) is 4.75 Å². The van der Waals surface area contributed by atoms with Gasteiger partial charge in [-0.3, -0.25) is 20.0 Å². The first-order valence-corrected chi connectivity index (χ1v) is 8.20. The molecule has 2 rings (SSSR count). The summed E-state index contributed by atoms with van der Waals surface area (Å²) in [5.74, 6) is 0.495. The molecule has 2 amide bonds. The van der Waals surface area contributed by atoms with Crippen LogP contribution in [0.1, 0.15) is 52.9 Å². The van der Waals surface area contributed by atoms with Crippen molar-refractivity contribution in [2.24, 2.45) is 5.92 Å². The fourth-order valence-corrected chi connectivity index (χ4v) is 4.14. The number of unbranched alkanes of at least 4 members (excludes halogenated alkanes) is 1. The van der Waals surface area contributed by atoms with Crippen LogP contribution in [0.4, 0.5) is 0 Å². The van der Waals surface area contributed by atoms with Crippen molar-refractivity contribution in [3.8, 4) is 0 Å². The average Bonchev–Trinajstić information content (AvgIpc) is 2.61. The molecule has 19 heavy (non-hydrogen) atoms. The van der Waals surface area contributed by atoms with E-state index in [4.69, 9.17) is 0 Å². The van der Waals surface area contributed by atoms with Crippen LogP contribution in [-0.2, 0) is 9.59 Å². The molecule has 1 N–H and O–H groups in total. The lowest BCUT2D eigenvalue weighted by Gasteiger charge is -2.38. The lowest BCUT2D eigenvalue weighted by atomic mass is 9.97. The highest BCUT2D eigenvalue weighted by Crippen LogP contribution is 2.38. The monoisotopic (exact) mass is 284 g/mol. The van der Waals surface area contributed by atoms with Gasteiger partial charge in [0.15, 0.2) is 0 Å². The number of hydrogen-bond acceptors (Lipinski definition) is 3. The van der Waals surface area contributed by atoms with E-state index < -0.39 is 5.92 Å². The molecule has 5 heteroatoms. The zero-order valence-corrected chi connectivity index (χ0v) is 12.9. The van der Waals surface area contributed by atoms with Gasteiger partial charge in [-0.05, 0) is 25.0 Å². The van der Waals surface area contributed by atoms with Gasteiger partial charge in [-0.25, -0.2) is 0 Å². The average molecular weight is 284 g/mol. The normalized spacial score (nSPS) is 30.6. The molecule has 0 aromatic rings. The van der Waals surface area contributed by atoms with E-state index in [1.165, 1.54) is 0 Å². The summed E-state index contributed by atoms with van der Waals surface area (Å²) in [4.78, 5) is 24.3. The Morgan fingerprint density at radius 3 is 2.79 bits per heavy atom. The molecule has 2 fully saturated rings. The molecule has 0 unspecified atom stereocenters. The highest BCUT2D eigenvalue weighted by molar-refractivity contribution is 8.00. The summed E-state index contributed by atoms with van der Waals surface area (Å²) >= 11 is 1.95. The maximum atomic E-state index is 12.4. The molecule has 4 nitrogen and oxygen atoms in total. The van der Waals surface area contributed by atoms with Crippen LogP contribution in [0.2, 0.25) is 0 Å². The number of hydrogen-bond donors (Lipinski definition) is 1. The predicted octanol–water partition coefficient (Wildman–Crippen LogP) is 2.34. The minimum absolute atomic E-state index is 0.00819. The fourth-order valence-electron chi connectivity index (χ4n) is 2.89. The van der Waals surface area contributed by atoms with Crippen molar-refractivity contribution in [1.29, 1.82) is 0 Å². The third-order valence-corrected chi connectivity index (χ3v) is 5.35. The van der Waals surface area contributed by atoms with Gasteiger partial charge in [0.1, 0.15) is 5.92 Å². The topological polar surface area (TPSA) is 49.4 Å². The quantitative estimate of drug-likeness (QED) is 0.806. The molecule has 0 aromatic heterocycles. The Morgan fingerprint density at radius 1 is 1.42 bits per heavy atom. The van der Waals surface area contributed by atoms with Gasteiger partial charge in [0.2, 0.25) is 0 Å². The molecular weight excluding hydrogens is 260 g/mol. The fraction of sp³-hybridized carbons (Fsp3) is 0.857. The number of rotatable bonds is 4. The molecule has 0 saturated carbocycles. The summed E-state index contributed by atoms with van der Waals surface area (Å²) < 4.78 is 0.190. The maximum absolute atomic E-state index is 12.4. The maximum Gasteiger partial charge on any atom is 0.253 e. The molecule has 2 atom stereocenters. The first-order chi connectivity index (χ1) is 8.94. The second kappa shape index (κ2) is 5.73. The van der Waals surface area contributed by atoms with E-state index in [0.717, 1.165) is 31.4 Å². The Balaban J connectivity index is 2.02. The molecule has 108 valence electrons. The molecule has 0 bridgehead atoms. The molecule has 2 saturated heterocycles. The zero-order valence-electron chi connectivity index (χ0n) is 12.1. The van der Waals surface area contributed by atoms with Crippen LogP contribution in [0.3, 0.4) is 0 Å². The highest BCUT2D eigenvalue weighted by Gasteiger charge is 2.44. The van der Waals surface area contributed by atoms with Gasteiger partial charge in [0.25, 0.3) is 11.8 Å². The van der Waals surface area contributed by atoms with Crippen molar-refractivity contribution in [1.82, 2.24) is 10.4 Å². The third kappa shape index (κ3) is 3.25. The van der Waals surface area contributed by atoms with Crippen LogP contribution in [0.15, 0.2) is 0 Å². The number of amides is 2. The Morgan fingerprint density at radius 2 is 2.16 bits per heavy atom. The van der Waals surface area contributed by atoms with Crippen LogP contribution in [0, 0.1) is 5.92 Å². The molecule has 2 heterocycles. The largest absolute Gasteiger partial charge is 0.272 e. The summed E-state index contributed by atoms with van der Waals surface area (Å²) in [5, 5.41) is 1.63. The number of carbonyl (C=O) groups is 2. The summed E-state index contributed by atoms with van der Waals surface area (Å²) in [6, 6.07) is 0.166. The van der Waals surface area contributed by atoms with Crippen LogP contribution in [-0.4, -0.2) is 33.4 Å². The summed E-state index contributed by atoms with van der Waals surface area (Å²) in [6.45, 7) is 6.50. The molecule has 0 radical (unpaired) electrons. The molecule has 2 aliphatic rings. The third-order valence-electron chi connectivity index (χ3n) is 3.97. The van der Waals surface area contributed by atoms with E-state index in [-0.39, 0.29) is 22.6 Å². The van der Waals surface area contributed by atoms with Crippen LogP contribution >= 0.6 is 11.8 Å². The van der Waals surface area contributed by atoms with Crippen molar-refractivity contribution in [2.45, 2.75) is 63.7 Å². The van der Waals surface area contributed by atoms with E-state index in [0.29, 0.717) is 6.42 Å². The smallest absolute Gasteiger partial charge is 0.253 e. The molecule has 2 aliphatic heterocycles. The Labute approximate surface area is 119 Å².